The second kappa shape index (κ2) is 7.39. The summed E-state index contributed by atoms with van der Waals surface area (Å²) < 4.78 is 13.8. The van der Waals surface area contributed by atoms with E-state index in [0.29, 0.717) is 24.1 Å². The van der Waals surface area contributed by atoms with Gasteiger partial charge < -0.3 is 5.32 Å². The van der Waals surface area contributed by atoms with Gasteiger partial charge in [0.1, 0.15) is 5.82 Å². The average molecular weight is 299 g/mol. The fraction of sp³-hybridized carbons (Fsp3) is 0.625. The largest absolute Gasteiger partial charge is 0.311 e. The molecule has 0 aromatic heterocycles. The molecule has 1 aromatic rings. The molecule has 1 aliphatic heterocycles. The maximum absolute atomic E-state index is 13.8. The van der Waals surface area contributed by atoms with Crippen molar-refractivity contribution < 1.29 is 4.39 Å². The van der Waals surface area contributed by atoms with Gasteiger partial charge in [0.05, 0.1) is 5.02 Å². The molecule has 0 radical (unpaired) electrons. The van der Waals surface area contributed by atoms with Crippen molar-refractivity contribution in [1.82, 2.24) is 10.2 Å². The number of benzene rings is 1. The quantitative estimate of drug-likeness (QED) is 0.862. The van der Waals surface area contributed by atoms with Crippen LogP contribution < -0.4 is 5.32 Å². The van der Waals surface area contributed by atoms with E-state index in [2.05, 4.69) is 24.1 Å². The van der Waals surface area contributed by atoms with Gasteiger partial charge in [0, 0.05) is 24.7 Å². The molecule has 2 nitrogen and oxygen atoms in total. The standard InChI is InChI=1S/C16H24ClFN2/c1-12(2)15(20-8-3-4-9-20)11-19-10-13-6-5-7-14(17)16(13)18/h5-7,12,15,19H,3-4,8-11H2,1-2H3. The van der Waals surface area contributed by atoms with E-state index in [9.17, 15) is 4.39 Å². The molecule has 2 rings (SSSR count). The lowest BCUT2D eigenvalue weighted by Gasteiger charge is -2.31. The molecular weight excluding hydrogens is 275 g/mol. The maximum atomic E-state index is 13.8. The molecule has 1 unspecified atom stereocenters. The first-order chi connectivity index (χ1) is 9.59. The Morgan fingerprint density at radius 1 is 1.30 bits per heavy atom. The normalized spacial score (nSPS) is 17.9. The van der Waals surface area contributed by atoms with Gasteiger partial charge in [0.15, 0.2) is 0 Å². The molecule has 0 spiro atoms. The molecule has 1 heterocycles. The molecule has 0 amide bonds. The Kier molecular flexibility index (Phi) is 5.82. The van der Waals surface area contributed by atoms with E-state index in [1.54, 1.807) is 18.2 Å². The third-order valence-corrected chi connectivity index (χ3v) is 4.37. The van der Waals surface area contributed by atoms with Gasteiger partial charge >= 0.3 is 0 Å². The number of hydrogen-bond acceptors (Lipinski definition) is 2. The van der Waals surface area contributed by atoms with Gasteiger partial charge in [-0.15, -0.1) is 0 Å². The highest BCUT2D eigenvalue weighted by atomic mass is 35.5. The number of nitrogens with one attached hydrogen (secondary N) is 1. The summed E-state index contributed by atoms with van der Waals surface area (Å²) in [7, 11) is 0. The number of nitrogens with zero attached hydrogens (tertiary/aromatic N) is 1. The van der Waals surface area contributed by atoms with Gasteiger partial charge in [-0.1, -0.05) is 37.6 Å². The van der Waals surface area contributed by atoms with Crippen LogP contribution in [0, 0.1) is 11.7 Å². The van der Waals surface area contributed by atoms with Crippen LogP contribution in [-0.2, 0) is 6.54 Å². The van der Waals surface area contributed by atoms with Crippen LogP contribution in [0.25, 0.3) is 0 Å². The molecule has 4 heteroatoms. The smallest absolute Gasteiger partial charge is 0.146 e. The van der Waals surface area contributed by atoms with Crippen LogP contribution in [0.2, 0.25) is 5.02 Å². The van der Waals surface area contributed by atoms with Crippen LogP contribution in [0.15, 0.2) is 18.2 Å². The van der Waals surface area contributed by atoms with Crippen molar-refractivity contribution in [2.24, 2.45) is 5.92 Å². The van der Waals surface area contributed by atoms with E-state index < -0.39 is 0 Å². The van der Waals surface area contributed by atoms with Crippen LogP contribution in [0.3, 0.4) is 0 Å². The molecule has 1 aromatic carbocycles. The van der Waals surface area contributed by atoms with Crippen LogP contribution >= 0.6 is 11.6 Å². The van der Waals surface area contributed by atoms with Crippen LogP contribution in [0.5, 0.6) is 0 Å². The van der Waals surface area contributed by atoms with E-state index >= 15 is 0 Å². The average Bonchev–Trinajstić information content (AvgIpc) is 2.92. The Hall–Kier alpha value is -0.640. The Morgan fingerprint density at radius 2 is 2.00 bits per heavy atom. The van der Waals surface area contributed by atoms with E-state index in [4.69, 9.17) is 11.6 Å². The van der Waals surface area contributed by atoms with Crippen LogP contribution in [0.4, 0.5) is 4.39 Å². The highest BCUT2D eigenvalue weighted by Crippen LogP contribution is 2.19. The fourth-order valence-electron chi connectivity index (χ4n) is 2.90. The summed E-state index contributed by atoms with van der Waals surface area (Å²) >= 11 is 5.80. The van der Waals surface area contributed by atoms with Gasteiger partial charge in [-0.3, -0.25) is 4.90 Å². The molecule has 1 fully saturated rings. The summed E-state index contributed by atoms with van der Waals surface area (Å²) in [6, 6.07) is 5.69. The molecule has 0 aliphatic carbocycles. The van der Waals surface area contributed by atoms with Gasteiger partial charge in [-0.2, -0.15) is 0 Å². The topological polar surface area (TPSA) is 15.3 Å². The van der Waals surface area contributed by atoms with Crippen molar-refractivity contribution in [3.05, 3.63) is 34.6 Å². The zero-order valence-corrected chi connectivity index (χ0v) is 13.1. The van der Waals surface area contributed by atoms with Gasteiger partial charge in [0.2, 0.25) is 0 Å². The highest BCUT2D eigenvalue weighted by Gasteiger charge is 2.24. The first kappa shape index (κ1) is 15.7. The molecule has 0 saturated carbocycles. The Bertz CT molecular complexity index is 430. The van der Waals surface area contributed by atoms with Gasteiger partial charge in [-0.05, 0) is 37.9 Å². The number of halogens is 2. The van der Waals surface area contributed by atoms with E-state index in [-0.39, 0.29) is 10.8 Å². The first-order valence-electron chi connectivity index (χ1n) is 7.47. The monoisotopic (exact) mass is 298 g/mol. The number of likely N-dealkylation sites (tertiary alicyclic amines) is 1. The summed E-state index contributed by atoms with van der Waals surface area (Å²) in [4.78, 5) is 2.55. The SMILES string of the molecule is CC(C)C(CNCc1cccc(Cl)c1F)N1CCCC1. The number of rotatable bonds is 6. The lowest BCUT2D eigenvalue weighted by Crippen LogP contribution is -2.44. The first-order valence-corrected chi connectivity index (χ1v) is 7.85. The van der Waals surface area contributed by atoms with Crippen molar-refractivity contribution in [1.29, 1.82) is 0 Å². The Balaban J connectivity index is 1.88. The summed E-state index contributed by atoms with van der Waals surface area (Å²) in [5, 5.41) is 3.59. The lowest BCUT2D eigenvalue weighted by molar-refractivity contribution is 0.186. The second-order valence-electron chi connectivity index (χ2n) is 5.90. The minimum Gasteiger partial charge on any atom is -0.311 e. The molecule has 112 valence electrons. The lowest BCUT2D eigenvalue weighted by atomic mass is 10.0. The molecular formula is C16H24ClFN2. The van der Waals surface area contributed by atoms with E-state index in [1.165, 1.54) is 25.9 Å². The number of hydrogen-bond donors (Lipinski definition) is 1. The summed E-state index contributed by atoms with van der Waals surface area (Å²) in [6.45, 7) is 8.31. The zero-order chi connectivity index (χ0) is 14.5. The van der Waals surface area contributed by atoms with Crippen molar-refractivity contribution in [2.75, 3.05) is 19.6 Å². The second-order valence-corrected chi connectivity index (χ2v) is 6.31. The van der Waals surface area contributed by atoms with E-state index in [1.807, 2.05) is 0 Å². The summed E-state index contributed by atoms with van der Waals surface area (Å²) in [5.41, 5.74) is 0.640. The molecule has 1 saturated heterocycles. The third kappa shape index (κ3) is 3.94. The molecule has 1 atom stereocenters. The molecule has 1 aliphatic rings. The molecule has 20 heavy (non-hydrogen) atoms. The Labute approximate surface area is 126 Å². The highest BCUT2D eigenvalue weighted by molar-refractivity contribution is 6.30. The van der Waals surface area contributed by atoms with Gasteiger partial charge in [-0.25, -0.2) is 4.39 Å². The molecule has 0 bridgehead atoms. The van der Waals surface area contributed by atoms with E-state index in [0.717, 1.165) is 6.54 Å². The minimum absolute atomic E-state index is 0.198. The van der Waals surface area contributed by atoms with Crippen LogP contribution in [-0.4, -0.2) is 30.6 Å². The van der Waals surface area contributed by atoms with Crippen molar-refractivity contribution in [2.45, 2.75) is 39.3 Å². The minimum atomic E-state index is -0.302. The van der Waals surface area contributed by atoms with Gasteiger partial charge in [0.25, 0.3) is 0 Å². The summed E-state index contributed by atoms with van der Waals surface area (Å²) in [5.74, 6) is 0.300. The summed E-state index contributed by atoms with van der Waals surface area (Å²) in [6.07, 6.45) is 2.60. The fourth-order valence-corrected chi connectivity index (χ4v) is 3.09. The maximum Gasteiger partial charge on any atom is 0.146 e. The van der Waals surface area contributed by atoms with Crippen molar-refractivity contribution in [3.63, 3.8) is 0 Å². The predicted octanol–water partition coefficient (Wildman–Crippen LogP) is 3.69. The van der Waals surface area contributed by atoms with Crippen molar-refractivity contribution in [3.8, 4) is 0 Å². The van der Waals surface area contributed by atoms with Crippen LogP contribution in [0.1, 0.15) is 32.3 Å². The zero-order valence-electron chi connectivity index (χ0n) is 12.3. The predicted molar refractivity (Wildman–Crippen MR) is 82.5 cm³/mol. The molecule has 1 N–H and O–H groups in total. The third-order valence-electron chi connectivity index (χ3n) is 4.08. The Morgan fingerprint density at radius 3 is 2.65 bits per heavy atom. The van der Waals surface area contributed by atoms with Crippen molar-refractivity contribution >= 4 is 11.6 Å².